The Morgan fingerprint density at radius 1 is 0.600 bits per heavy atom. The summed E-state index contributed by atoms with van der Waals surface area (Å²) < 4.78 is 0. The van der Waals surface area contributed by atoms with Gasteiger partial charge in [0.15, 0.2) is 0 Å². The Morgan fingerprint density at radius 3 is 1.37 bits per heavy atom. The quantitative estimate of drug-likeness (QED) is 0.314. The molecule has 0 spiro atoms. The Balaban J connectivity index is 1.52. The molecule has 0 aliphatic carbocycles. The van der Waals surface area contributed by atoms with Crippen LogP contribution in [0.5, 0.6) is 0 Å². The van der Waals surface area contributed by atoms with Crippen LogP contribution in [0.25, 0.3) is 0 Å². The molecule has 0 fully saturated rings. The maximum absolute atomic E-state index is 12.0. The molecular weight excluding hydrogens is 466 g/mol. The normalized spacial score (nSPS) is 10.7. The smallest absolute Gasteiger partial charge is 0.224 e. The predicted octanol–water partition coefficient (Wildman–Crippen LogP) is 8.00. The minimum Gasteiger partial charge on any atom is -0.325 e. The lowest BCUT2D eigenvalue weighted by atomic mass is 10.1. The molecule has 0 atom stereocenters. The van der Waals surface area contributed by atoms with Gasteiger partial charge in [0.2, 0.25) is 11.8 Å². The Labute approximate surface area is 197 Å². The van der Waals surface area contributed by atoms with Crippen molar-refractivity contribution < 1.29 is 9.59 Å². The Kier molecular flexibility index (Phi) is 10.8. The second kappa shape index (κ2) is 13.1. The molecular formula is C22H24Cl4N2O2. The molecule has 0 saturated carbocycles. The van der Waals surface area contributed by atoms with E-state index < -0.39 is 0 Å². The van der Waals surface area contributed by atoms with Crippen molar-refractivity contribution >= 4 is 69.6 Å². The third-order valence-electron chi connectivity index (χ3n) is 4.51. The molecule has 0 heterocycles. The summed E-state index contributed by atoms with van der Waals surface area (Å²) >= 11 is 24.0. The fourth-order valence-corrected chi connectivity index (χ4v) is 3.60. The molecule has 2 aromatic carbocycles. The summed E-state index contributed by atoms with van der Waals surface area (Å²) in [7, 11) is 0. The number of hydrogen-bond acceptors (Lipinski definition) is 2. The van der Waals surface area contributed by atoms with Gasteiger partial charge in [0.25, 0.3) is 0 Å². The maximum Gasteiger partial charge on any atom is 0.224 e. The first-order valence-corrected chi connectivity index (χ1v) is 11.4. The number of rotatable bonds is 11. The molecule has 0 aliphatic heterocycles. The van der Waals surface area contributed by atoms with Crippen LogP contribution >= 0.6 is 46.4 Å². The molecule has 0 bridgehead atoms. The highest BCUT2D eigenvalue weighted by molar-refractivity contribution is 6.44. The van der Waals surface area contributed by atoms with Gasteiger partial charge < -0.3 is 10.6 Å². The minimum atomic E-state index is -0.0736. The summed E-state index contributed by atoms with van der Waals surface area (Å²) in [5.74, 6) is -0.147. The molecule has 8 heteroatoms. The molecule has 2 aromatic rings. The molecule has 0 saturated heterocycles. The van der Waals surface area contributed by atoms with E-state index >= 15 is 0 Å². The number of carbonyl (C=O) groups excluding carboxylic acids is 2. The highest BCUT2D eigenvalue weighted by atomic mass is 35.5. The zero-order valence-corrected chi connectivity index (χ0v) is 19.5. The molecule has 4 nitrogen and oxygen atoms in total. The number of hydrogen-bond donors (Lipinski definition) is 2. The van der Waals surface area contributed by atoms with E-state index in [4.69, 9.17) is 46.4 Å². The van der Waals surface area contributed by atoms with Crippen LogP contribution in [0.4, 0.5) is 11.4 Å². The molecule has 0 unspecified atom stereocenters. The Hall–Kier alpha value is -1.46. The van der Waals surface area contributed by atoms with Crippen LogP contribution in [0, 0.1) is 0 Å². The molecule has 0 aromatic heterocycles. The van der Waals surface area contributed by atoms with E-state index in [1.807, 2.05) is 0 Å². The maximum atomic E-state index is 12.0. The average Bonchev–Trinajstić information content (AvgIpc) is 2.71. The molecule has 2 rings (SSSR count). The average molecular weight is 490 g/mol. The largest absolute Gasteiger partial charge is 0.325 e. The number of halogens is 4. The number of amides is 2. The highest BCUT2D eigenvalue weighted by Crippen LogP contribution is 2.30. The van der Waals surface area contributed by atoms with E-state index in [9.17, 15) is 9.59 Å². The topological polar surface area (TPSA) is 58.2 Å². The number of nitrogens with one attached hydrogen (secondary N) is 2. The number of anilines is 2. The van der Waals surface area contributed by atoms with Gasteiger partial charge in [-0.2, -0.15) is 0 Å². The van der Waals surface area contributed by atoms with Crippen molar-refractivity contribution in [2.75, 3.05) is 10.6 Å². The van der Waals surface area contributed by atoms with Gasteiger partial charge in [-0.05, 0) is 37.1 Å². The number of benzene rings is 2. The second-order valence-corrected chi connectivity index (χ2v) is 8.49. The standard InChI is InChI=1S/C22H24Cl4N2O2/c23-15-9-7-11-17(21(15)25)27-19(29)13-5-3-1-2-4-6-14-20(30)28-18-12-8-10-16(24)22(18)26/h7-12H,1-6,13-14H2,(H,27,29)(H,28,30). The van der Waals surface area contributed by atoms with Gasteiger partial charge in [0.05, 0.1) is 31.5 Å². The second-order valence-electron chi connectivity index (χ2n) is 6.92. The van der Waals surface area contributed by atoms with Gasteiger partial charge in [-0.1, -0.05) is 84.2 Å². The van der Waals surface area contributed by atoms with Gasteiger partial charge in [0.1, 0.15) is 0 Å². The summed E-state index contributed by atoms with van der Waals surface area (Å²) in [5.41, 5.74) is 1.07. The van der Waals surface area contributed by atoms with Crippen molar-refractivity contribution in [2.45, 2.75) is 51.4 Å². The SMILES string of the molecule is O=C(CCCCCCCCC(=O)Nc1cccc(Cl)c1Cl)Nc1cccc(Cl)c1Cl. The van der Waals surface area contributed by atoms with Crippen molar-refractivity contribution in [1.82, 2.24) is 0 Å². The fourth-order valence-electron chi connectivity index (χ4n) is 2.90. The summed E-state index contributed by atoms with van der Waals surface area (Å²) in [4.78, 5) is 24.0. The molecule has 2 N–H and O–H groups in total. The molecule has 0 aliphatic rings. The van der Waals surface area contributed by atoms with Crippen LogP contribution in [0.3, 0.4) is 0 Å². The third kappa shape index (κ3) is 8.35. The van der Waals surface area contributed by atoms with Crippen molar-refractivity contribution in [3.05, 3.63) is 56.5 Å². The fraction of sp³-hybridized carbons (Fsp3) is 0.364. The van der Waals surface area contributed by atoms with Crippen molar-refractivity contribution in [1.29, 1.82) is 0 Å². The third-order valence-corrected chi connectivity index (χ3v) is 6.15. The van der Waals surface area contributed by atoms with Crippen LogP contribution in [-0.4, -0.2) is 11.8 Å². The molecule has 162 valence electrons. The number of unbranched alkanes of at least 4 members (excludes halogenated alkanes) is 5. The van der Waals surface area contributed by atoms with E-state index in [1.54, 1.807) is 36.4 Å². The summed E-state index contributed by atoms with van der Waals surface area (Å²) in [6.07, 6.45) is 6.44. The van der Waals surface area contributed by atoms with Crippen LogP contribution in [0.15, 0.2) is 36.4 Å². The zero-order valence-electron chi connectivity index (χ0n) is 16.4. The number of carbonyl (C=O) groups is 2. The van der Waals surface area contributed by atoms with Gasteiger partial charge in [0, 0.05) is 12.8 Å². The predicted molar refractivity (Wildman–Crippen MR) is 127 cm³/mol. The van der Waals surface area contributed by atoms with E-state index in [-0.39, 0.29) is 11.8 Å². The van der Waals surface area contributed by atoms with Gasteiger partial charge in [-0.25, -0.2) is 0 Å². The lowest BCUT2D eigenvalue weighted by molar-refractivity contribution is -0.117. The minimum absolute atomic E-state index is 0.0736. The summed E-state index contributed by atoms with van der Waals surface area (Å²) in [6.45, 7) is 0. The van der Waals surface area contributed by atoms with E-state index in [1.165, 1.54) is 0 Å². The van der Waals surface area contributed by atoms with Crippen molar-refractivity contribution in [2.24, 2.45) is 0 Å². The first-order chi connectivity index (χ1) is 14.4. The van der Waals surface area contributed by atoms with Crippen molar-refractivity contribution in [3.8, 4) is 0 Å². The lowest BCUT2D eigenvalue weighted by Gasteiger charge is -2.08. The molecule has 0 radical (unpaired) electrons. The zero-order chi connectivity index (χ0) is 21.9. The van der Waals surface area contributed by atoms with Gasteiger partial charge >= 0.3 is 0 Å². The lowest BCUT2D eigenvalue weighted by Crippen LogP contribution is -2.11. The summed E-state index contributed by atoms with van der Waals surface area (Å²) in [5, 5.41) is 7.11. The van der Waals surface area contributed by atoms with Crippen molar-refractivity contribution in [3.63, 3.8) is 0 Å². The molecule has 2 amide bonds. The first kappa shape index (κ1) is 24.8. The van der Waals surface area contributed by atoms with Crippen LogP contribution < -0.4 is 10.6 Å². The van der Waals surface area contributed by atoms with Gasteiger partial charge in [-0.15, -0.1) is 0 Å². The van der Waals surface area contributed by atoms with E-state index in [2.05, 4.69) is 10.6 Å². The molecule has 30 heavy (non-hydrogen) atoms. The monoisotopic (exact) mass is 488 g/mol. The highest BCUT2D eigenvalue weighted by Gasteiger charge is 2.09. The Morgan fingerprint density at radius 2 is 0.967 bits per heavy atom. The van der Waals surface area contributed by atoms with Crippen LogP contribution in [0.1, 0.15) is 51.4 Å². The van der Waals surface area contributed by atoms with E-state index in [0.717, 1.165) is 38.5 Å². The Bertz CT molecular complexity index is 803. The first-order valence-electron chi connectivity index (χ1n) is 9.86. The van der Waals surface area contributed by atoms with Crippen LogP contribution in [0.2, 0.25) is 20.1 Å². The van der Waals surface area contributed by atoms with E-state index in [0.29, 0.717) is 44.3 Å². The van der Waals surface area contributed by atoms with Crippen LogP contribution in [-0.2, 0) is 9.59 Å². The summed E-state index contributed by atoms with van der Waals surface area (Å²) in [6, 6.07) is 10.3. The van der Waals surface area contributed by atoms with Gasteiger partial charge in [-0.3, -0.25) is 9.59 Å².